The Balaban J connectivity index is 1.93. The first-order chi connectivity index (χ1) is 12.4. The van der Waals surface area contributed by atoms with Crippen molar-refractivity contribution in [2.75, 3.05) is 7.05 Å². The van der Waals surface area contributed by atoms with Crippen molar-refractivity contribution in [3.63, 3.8) is 0 Å². The molecule has 2 N–H and O–H groups in total. The van der Waals surface area contributed by atoms with Crippen LogP contribution in [-0.4, -0.2) is 33.7 Å². The second kappa shape index (κ2) is 7.45. The molecule has 26 heavy (non-hydrogen) atoms. The number of thiazole rings is 1. The lowest BCUT2D eigenvalue weighted by atomic mass is 9.99. The molecule has 0 aliphatic heterocycles. The molecule has 6 nitrogen and oxygen atoms in total. The lowest BCUT2D eigenvalue weighted by molar-refractivity contribution is 0.0785. The third-order valence-electron chi connectivity index (χ3n) is 3.86. The molecule has 2 aromatic heterocycles. The molecule has 2 amide bonds. The zero-order valence-electron chi connectivity index (χ0n) is 14.5. The maximum atomic E-state index is 12.9. The van der Waals surface area contributed by atoms with E-state index in [4.69, 9.17) is 5.73 Å². The van der Waals surface area contributed by atoms with Gasteiger partial charge in [-0.3, -0.25) is 14.6 Å². The highest BCUT2D eigenvalue weighted by molar-refractivity contribution is 7.09. The lowest BCUT2D eigenvalue weighted by Crippen LogP contribution is -2.26. The summed E-state index contributed by atoms with van der Waals surface area (Å²) in [5, 5.41) is 2.81. The van der Waals surface area contributed by atoms with Gasteiger partial charge in [0.05, 0.1) is 6.54 Å². The Morgan fingerprint density at radius 1 is 1.12 bits per heavy atom. The van der Waals surface area contributed by atoms with Gasteiger partial charge >= 0.3 is 0 Å². The Kier molecular flexibility index (Phi) is 5.09. The average molecular weight is 366 g/mol. The number of aryl methyl sites for hydroxylation is 1. The smallest absolute Gasteiger partial charge is 0.254 e. The molecular formula is C19H18N4O2S. The number of hydrogen-bond acceptors (Lipinski definition) is 5. The van der Waals surface area contributed by atoms with Crippen LogP contribution in [-0.2, 0) is 6.54 Å². The minimum absolute atomic E-state index is 0.198. The van der Waals surface area contributed by atoms with E-state index in [1.165, 1.54) is 17.4 Å². The molecule has 1 aromatic carbocycles. The van der Waals surface area contributed by atoms with Crippen molar-refractivity contribution in [3.05, 3.63) is 69.9 Å². The molecule has 0 saturated heterocycles. The van der Waals surface area contributed by atoms with Crippen LogP contribution in [0.4, 0.5) is 0 Å². The largest absolute Gasteiger partial charge is 0.366 e. The first kappa shape index (κ1) is 17.8. The Morgan fingerprint density at radius 2 is 1.81 bits per heavy atom. The van der Waals surface area contributed by atoms with E-state index in [1.807, 2.05) is 24.4 Å². The summed E-state index contributed by atoms with van der Waals surface area (Å²) in [5.74, 6) is -0.774. The second-order valence-corrected chi connectivity index (χ2v) is 6.89. The van der Waals surface area contributed by atoms with Crippen molar-refractivity contribution < 1.29 is 9.59 Å². The lowest BCUT2D eigenvalue weighted by Gasteiger charge is -2.17. The van der Waals surface area contributed by atoms with E-state index in [2.05, 4.69) is 9.97 Å². The van der Waals surface area contributed by atoms with Crippen LogP contribution in [0.1, 0.15) is 31.4 Å². The van der Waals surface area contributed by atoms with E-state index in [9.17, 15) is 9.59 Å². The van der Waals surface area contributed by atoms with Crippen LogP contribution in [0.3, 0.4) is 0 Å². The molecule has 0 aliphatic rings. The average Bonchev–Trinajstić information content (AvgIpc) is 3.06. The molecule has 0 radical (unpaired) electrons. The number of primary amides is 1. The minimum Gasteiger partial charge on any atom is -0.366 e. The molecule has 0 saturated carbocycles. The van der Waals surface area contributed by atoms with E-state index < -0.39 is 5.91 Å². The monoisotopic (exact) mass is 366 g/mol. The molecule has 0 spiro atoms. The molecule has 3 aromatic rings. The van der Waals surface area contributed by atoms with Crippen molar-refractivity contribution >= 4 is 23.2 Å². The molecule has 0 unspecified atom stereocenters. The highest BCUT2D eigenvalue weighted by Crippen LogP contribution is 2.23. The van der Waals surface area contributed by atoms with Crippen molar-refractivity contribution in [2.45, 2.75) is 13.5 Å². The first-order valence-corrected chi connectivity index (χ1v) is 8.84. The van der Waals surface area contributed by atoms with Gasteiger partial charge in [0.1, 0.15) is 5.01 Å². The van der Waals surface area contributed by atoms with Crippen molar-refractivity contribution in [3.8, 4) is 11.1 Å². The van der Waals surface area contributed by atoms with E-state index in [1.54, 1.807) is 36.5 Å². The fourth-order valence-corrected chi connectivity index (χ4v) is 3.40. The molecule has 7 heteroatoms. The summed E-state index contributed by atoms with van der Waals surface area (Å²) in [4.78, 5) is 34.5. The molecule has 0 atom stereocenters. The van der Waals surface area contributed by atoms with Gasteiger partial charge in [0.2, 0.25) is 5.91 Å². The van der Waals surface area contributed by atoms with Gasteiger partial charge in [-0.2, -0.15) is 0 Å². The van der Waals surface area contributed by atoms with Gasteiger partial charge in [-0.05, 0) is 48.4 Å². The van der Waals surface area contributed by atoms with Gasteiger partial charge in [0.15, 0.2) is 0 Å². The summed E-state index contributed by atoms with van der Waals surface area (Å²) in [5.41, 5.74) is 8.68. The van der Waals surface area contributed by atoms with Crippen LogP contribution in [0.25, 0.3) is 11.1 Å². The van der Waals surface area contributed by atoms with Crippen molar-refractivity contribution in [2.24, 2.45) is 5.73 Å². The maximum absolute atomic E-state index is 12.9. The molecule has 2 heterocycles. The quantitative estimate of drug-likeness (QED) is 0.752. The van der Waals surface area contributed by atoms with E-state index >= 15 is 0 Å². The third kappa shape index (κ3) is 3.94. The topological polar surface area (TPSA) is 89.2 Å². The number of rotatable bonds is 5. The number of nitrogens with two attached hydrogens (primary N) is 1. The van der Waals surface area contributed by atoms with Crippen LogP contribution in [0.15, 0.2) is 48.1 Å². The Morgan fingerprint density at radius 3 is 2.42 bits per heavy atom. The number of hydrogen-bond donors (Lipinski definition) is 1. The van der Waals surface area contributed by atoms with Crippen LogP contribution < -0.4 is 5.73 Å². The van der Waals surface area contributed by atoms with Gasteiger partial charge < -0.3 is 10.6 Å². The Bertz CT molecular complexity index is 953. The standard InChI is InChI=1S/C19H18N4O2S/c1-12-11-26-17(22-12)10-23(2)19(25)16-8-14(7-15(9-16)18(20)24)13-3-5-21-6-4-13/h3-9,11H,10H2,1-2H3,(H2,20,24). The summed E-state index contributed by atoms with van der Waals surface area (Å²) < 4.78 is 0. The molecule has 0 fully saturated rings. The number of pyridine rings is 1. The molecular weight excluding hydrogens is 348 g/mol. The van der Waals surface area contributed by atoms with Crippen molar-refractivity contribution in [1.29, 1.82) is 0 Å². The number of carbonyl (C=O) groups is 2. The predicted octanol–water partition coefficient (Wildman–Crippen LogP) is 2.88. The number of nitrogens with zero attached hydrogens (tertiary/aromatic N) is 3. The third-order valence-corrected chi connectivity index (χ3v) is 4.82. The highest BCUT2D eigenvalue weighted by atomic mass is 32.1. The maximum Gasteiger partial charge on any atom is 0.254 e. The summed E-state index contributed by atoms with van der Waals surface area (Å²) in [6.07, 6.45) is 3.31. The zero-order chi connectivity index (χ0) is 18.7. The summed E-state index contributed by atoms with van der Waals surface area (Å²) in [7, 11) is 1.71. The zero-order valence-corrected chi connectivity index (χ0v) is 15.3. The summed E-state index contributed by atoms with van der Waals surface area (Å²) in [6.45, 7) is 2.32. The number of aromatic nitrogens is 2. The van der Waals surface area contributed by atoms with Gasteiger partial charge in [-0.1, -0.05) is 0 Å². The van der Waals surface area contributed by atoms with Crippen molar-refractivity contribution in [1.82, 2.24) is 14.9 Å². The molecule has 132 valence electrons. The van der Waals surface area contributed by atoms with Gasteiger partial charge in [0, 0.05) is 41.6 Å². The Hall–Kier alpha value is -3.06. The fraction of sp³-hybridized carbons (Fsp3) is 0.158. The van der Waals surface area contributed by atoms with Gasteiger partial charge in [-0.15, -0.1) is 11.3 Å². The van der Waals surface area contributed by atoms with Gasteiger partial charge in [0.25, 0.3) is 5.91 Å². The second-order valence-electron chi connectivity index (χ2n) is 5.94. The van der Waals surface area contributed by atoms with Crippen LogP contribution in [0.2, 0.25) is 0 Å². The molecule has 3 rings (SSSR count). The summed E-state index contributed by atoms with van der Waals surface area (Å²) >= 11 is 1.51. The van der Waals surface area contributed by atoms with E-state index in [-0.39, 0.29) is 5.91 Å². The summed E-state index contributed by atoms with van der Waals surface area (Å²) in [6, 6.07) is 8.60. The van der Waals surface area contributed by atoms with Crippen LogP contribution >= 0.6 is 11.3 Å². The number of benzene rings is 1. The minimum atomic E-state index is -0.576. The number of amides is 2. The first-order valence-electron chi connectivity index (χ1n) is 7.96. The fourth-order valence-electron chi connectivity index (χ4n) is 2.57. The van der Waals surface area contributed by atoms with E-state index in [0.717, 1.165) is 21.8 Å². The van der Waals surface area contributed by atoms with Crippen LogP contribution in [0.5, 0.6) is 0 Å². The Labute approximate surface area is 155 Å². The SMILES string of the molecule is Cc1csc(CN(C)C(=O)c2cc(C(N)=O)cc(-c3ccncc3)c2)n1. The van der Waals surface area contributed by atoms with Crippen LogP contribution in [0, 0.1) is 6.92 Å². The normalized spacial score (nSPS) is 10.5. The molecule has 0 aliphatic carbocycles. The molecule has 0 bridgehead atoms. The number of carbonyl (C=O) groups excluding carboxylic acids is 2. The van der Waals surface area contributed by atoms with E-state index in [0.29, 0.717) is 17.7 Å². The highest BCUT2D eigenvalue weighted by Gasteiger charge is 2.17. The predicted molar refractivity (Wildman–Crippen MR) is 101 cm³/mol. The van der Waals surface area contributed by atoms with Gasteiger partial charge in [-0.25, -0.2) is 4.98 Å².